The summed E-state index contributed by atoms with van der Waals surface area (Å²) in [4.78, 5) is 22.2. The number of rotatable bonds is 3. The largest absolute Gasteiger partial charge is 0.348 e. The Kier molecular flexibility index (Phi) is 3.92. The van der Waals surface area contributed by atoms with Crippen molar-refractivity contribution in [3.63, 3.8) is 0 Å². The molecule has 3 rings (SSSR count). The zero-order valence-electron chi connectivity index (χ0n) is 12.6. The number of carbonyl (C=O) groups excluding carboxylic acids is 1. The van der Waals surface area contributed by atoms with Gasteiger partial charge in [0, 0.05) is 12.6 Å². The van der Waals surface area contributed by atoms with Crippen LogP contribution in [0.4, 0.5) is 0 Å². The first-order valence-corrected chi connectivity index (χ1v) is 7.60. The Bertz CT molecular complexity index is 636. The Morgan fingerprint density at radius 3 is 3.19 bits per heavy atom. The number of amides is 1. The van der Waals surface area contributed by atoms with Gasteiger partial charge in [-0.2, -0.15) is 0 Å². The molecule has 1 saturated heterocycles. The molecule has 5 heteroatoms. The number of fused-ring (bicyclic) bond motifs is 1. The van der Waals surface area contributed by atoms with Gasteiger partial charge in [0.05, 0.1) is 17.4 Å². The second-order valence-electron chi connectivity index (χ2n) is 5.90. The van der Waals surface area contributed by atoms with Crippen LogP contribution >= 0.6 is 0 Å². The van der Waals surface area contributed by atoms with Gasteiger partial charge < -0.3 is 15.2 Å². The topological polar surface area (TPSA) is 61.0 Å². The van der Waals surface area contributed by atoms with E-state index in [4.69, 9.17) is 0 Å². The summed E-state index contributed by atoms with van der Waals surface area (Å²) in [7, 11) is 2.11. The minimum absolute atomic E-state index is 0.0218. The highest BCUT2D eigenvalue weighted by Crippen LogP contribution is 2.21. The summed E-state index contributed by atoms with van der Waals surface area (Å²) >= 11 is 0. The van der Waals surface area contributed by atoms with Gasteiger partial charge in [0.25, 0.3) is 5.91 Å². The van der Waals surface area contributed by atoms with Crippen LogP contribution in [0.3, 0.4) is 0 Å². The number of piperidine rings is 1. The number of aromatic nitrogens is 2. The molecular weight excluding hydrogens is 264 g/mol. The molecular formula is C16H22N4O. The van der Waals surface area contributed by atoms with Crippen LogP contribution < -0.4 is 5.32 Å². The summed E-state index contributed by atoms with van der Waals surface area (Å²) in [6, 6.07) is 5.88. The molecule has 0 bridgehead atoms. The zero-order valence-corrected chi connectivity index (χ0v) is 12.6. The van der Waals surface area contributed by atoms with E-state index in [2.05, 4.69) is 34.2 Å². The smallest absolute Gasteiger partial charge is 0.253 e. The molecule has 2 aromatic rings. The van der Waals surface area contributed by atoms with Gasteiger partial charge in [-0.3, -0.25) is 4.79 Å². The number of likely N-dealkylation sites (tertiary alicyclic amines) is 1. The SMILES string of the molecule is CCC1CCN(C)C[C@@H]1NC(=O)c1cccc2[nH]cnc12. The Morgan fingerprint density at radius 1 is 1.52 bits per heavy atom. The number of imidazole rings is 1. The molecule has 0 aliphatic carbocycles. The van der Waals surface area contributed by atoms with Gasteiger partial charge in [-0.05, 0) is 38.1 Å². The predicted molar refractivity (Wildman–Crippen MR) is 83.2 cm³/mol. The highest BCUT2D eigenvalue weighted by Gasteiger charge is 2.28. The van der Waals surface area contributed by atoms with Crippen molar-refractivity contribution in [1.82, 2.24) is 20.2 Å². The molecule has 2 atom stereocenters. The number of benzene rings is 1. The van der Waals surface area contributed by atoms with Crippen molar-refractivity contribution < 1.29 is 4.79 Å². The van der Waals surface area contributed by atoms with Gasteiger partial charge in [-0.25, -0.2) is 4.98 Å². The Morgan fingerprint density at radius 2 is 2.38 bits per heavy atom. The average molecular weight is 286 g/mol. The van der Waals surface area contributed by atoms with Crippen molar-refractivity contribution in [3.05, 3.63) is 30.1 Å². The van der Waals surface area contributed by atoms with Gasteiger partial charge in [0.15, 0.2) is 0 Å². The lowest BCUT2D eigenvalue weighted by Gasteiger charge is -2.36. The normalized spacial score (nSPS) is 23.3. The quantitative estimate of drug-likeness (QED) is 0.907. The summed E-state index contributed by atoms with van der Waals surface area (Å²) < 4.78 is 0. The van der Waals surface area contributed by atoms with E-state index in [9.17, 15) is 4.79 Å². The maximum atomic E-state index is 12.6. The number of aromatic amines is 1. The van der Waals surface area contributed by atoms with E-state index in [0.29, 0.717) is 11.5 Å². The molecule has 1 aromatic heterocycles. The Labute approximate surface area is 124 Å². The van der Waals surface area contributed by atoms with E-state index < -0.39 is 0 Å². The van der Waals surface area contributed by atoms with Crippen molar-refractivity contribution in [2.24, 2.45) is 5.92 Å². The predicted octanol–water partition coefficient (Wildman–Crippen LogP) is 2.02. The van der Waals surface area contributed by atoms with Gasteiger partial charge in [0.2, 0.25) is 0 Å². The lowest BCUT2D eigenvalue weighted by Crippen LogP contribution is -2.51. The summed E-state index contributed by atoms with van der Waals surface area (Å²) in [6.45, 7) is 4.23. The first kappa shape index (κ1) is 14.1. The molecule has 1 aromatic carbocycles. The standard InChI is InChI=1S/C16H22N4O/c1-3-11-7-8-20(2)9-14(11)19-16(21)12-5-4-6-13-15(12)18-10-17-13/h4-6,10-11,14H,3,7-9H2,1-2H3,(H,17,18)(H,19,21)/t11?,14-/m0/s1. The van der Waals surface area contributed by atoms with Crippen molar-refractivity contribution in [2.45, 2.75) is 25.8 Å². The first-order chi connectivity index (χ1) is 10.2. The number of hydrogen-bond acceptors (Lipinski definition) is 3. The Balaban J connectivity index is 1.80. The van der Waals surface area contributed by atoms with Crippen LogP contribution in [0.15, 0.2) is 24.5 Å². The van der Waals surface area contributed by atoms with Crippen LogP contribution in [0.2, 0.25) is 0 Å². The monoisotopic (exact) mass is 286 g/mol. The molecule has 0 saturated carbocycles. The fraction of sp³-hybridized carbons (Fsp3) is 0.500. The Hall–Kier alpha value is -1.88. The highest BCUT2D eigenvalue weighted by molar-refractivity contribution is 6.04. The number of hydrogen-bond donors (Lipinski definition) is 2. The van der Waals surface area contributed by atoms with E-state index in [0.717, 1.165) is 37.0 Å². The number of likely N-dealkylation sites (N-methyl/N-ethyl adjacent to an activating group) is 1. The summed E-state index contributed by atoms with van der Waals surface area (Å²) in [5, 5.41) is 3.21. The highest BCUT2D eigenvalue weighted by atomic mass is 16.1. The minimum Gasteiger partial charge on any atom is -0.348 e. The lowest BCUT2D eigenvalue weighted by molar-refractivity contribution is 0.0870. The molecule has 2 N–H and O–H groups in total. The van der Waals surface area contributed by atoms with Gasteiger partial charge in [-0.1, -0.05) is 19.4 Å². The molecule has 5 nitrogen and oxygen atoms in total. The molecule has 1 fully saturated rings. The molecule has 112 valence electrons. The molecule has 1 amide bonds. The third-order valence-electron chi connectivity index (χ3n) is 4.49. The van der Waals surface area contributed by atoms with E-state index in [1.807, 2.05) is 18.2 Å². The van der Waals surface area contributed by atoms with E-state index >= 15 is 0 Å². The molecule has 0 spiro atoms. The van der Waals surface area contributed by atoms with Gasteiger partial charge in [0.1, 0.15) is 5.52 Å². The van der Waals surface area contributed by atoms with E-state index in [-0.39, 0.29) is 11.9 Å². The maximum absolute atomic E-state index is 12.6. The number of carbonyl (C=O) groups is 1. The van der Waals surface area contributed by atoms with Crippen molar-refractivity contribution in [2.75, 3.05) is 20.1 Å². The molecule has 1 aliphatic rings. The van der Waals surface area contributed by atoms with E-state index in [1.54, 1.807) is 6.33 Å². The van der Waals surface area contributed by atoms with Crippen LogP contribution in [-0.4, -0.2) is 47.0 Å². The van der Waals surface area contributed by atoms with Gasteiger partial charge >= 0.3 is 0 Å². The lowest BCUT2D eigenvalue weighted by atomic mass is 9.89. The molecule has 21 heavy (non-hydrogen) atoms. The molecule has 1 unspecified atom stereocenters. The van der Waals surface area contributed by atoms with Crippen LogP contribution in [-0.2, 0) is 0 Å². The minimum atomic E-state index is -0.0218. The fourth-order valence-electron chi connectivity index (χ4n) is 3.21. The maximum Gasteiger partial charge on any atom is 0.253 e. The van der Waals surface area contributed by atoms with Crippen LogP contribution in [0, 0.1) is 5.92 Å². The summed E-state index contributed by atoms with van der Waals surface area (Å²) in [5.41, 5.74) is 2.29. The average Bonchev–Trinajstić information content (AvgIpc) is 2.95. The second kappa shape index (κ2) is 5.85. The number of para-hydroxylation sites is 1. The number of nitrogens with one attached hydrogen (secondary N) is 2. The van der Waals surface area contributed by atoms with Crippen LogP contribution in [0.1, 0.15) is 30.1 Å². The summed E-state index contributed by atoms with van der Waals surface area (Å²) in [5.74, 6) is 0.537. The third kappa shape index (κ3) is 2.78. The van der Waals surface area contributed by atoms with Gasteiger partial charge in [-0.15, -0.1) is 0 Å². The fourth-order valence-corrected chi connectivity index (χ4v) is 3.21. The summed E-state index contributed by atoms with van der Waals surface area (Å²) in [6.07, 6.45) is 3.88. The third-order valence-corrected chi connectivity index (χ3v) is 4.49. The number of nitrogens with zero attached hydrogens (tertiary/aromatic N) is 2. The zero-order chi connectivity index (χ0) is 14.8. The van der Waals surface area contributed by atoms with Crippen LogP contribution in [0.5, 0.6) is 0 Å². The van der Waals surface area contributed by atoms with Crippen LogP contribution in [0.25, 0.3) is 11.0 Å². The molecule has 0 radical (unpaired) electrons. The first-order valence-electron chi connectivity index (χ1n) is 7.60. The molecule has 1 aliphatic heterocycles. The number of H-pyrrole nitrogens is 1. The second-order valence-corrected chi connectivity index (χ2v) is 5.90. The molecule has 2 heterocycles. The van der Waals surface area contributed by atoms with Crippen molar-refractivity contribution >= 4 is 16.9 Å². The van der Waals surface area contributed by atoms with E-state index in [1.165, 1.54) is 0 Å². The van der Waals surface area contributed by atoms with Crippen molar-refractivity contribution in [3.8, 4) is 0 Å². The van der Waals surface area contributed by atoms with Crippen molar-refractivity contribution in [1.29, 1.82) is 0 Å².